The van der Waals surface area contributed by atoms with Gasteiger partial charge in [0.2, 0.25) is 5.95 Å². The van der Waals surface area contributed by atoms with E-state index < -0.39 is 4.92 Å². The molecule has 1 aliphatic carbocycles. The van der Waals surface area contributed by atoms with Gasteiger partial charge < -0.3 is 10.3 Å². The van der Waals surface area contributed by atoms with Crippen molar-refractivity contribution in [1.29, 1.82) is 0 Å². The van der Waals surface area contributed by atoms with Crippen molar-refractivity contribution in [3.05, 3.63) is 28.3 Å². The molecule has 1 heterocycles. The second-order valence-electron chi connectivity index (χ2n) is 5.14. The standard InChI is InChI=1S/C13H16N4O2S/c1-20-13(5-2-6-13)8-14-12-15-10-4-3-9(17(18)19)7-11(10)16-12/h3-4,7H,2,5-6,8H2,1H3,(H2,14,15,16). The molecule has 0 unspecified atom stereocenters. The van der Waals surface area contributed by atoms with Crippen LogP contribution < -0.4 is 5.32 Å². The van der Waals surface area contributed by atoms with E-state index in [9.17, 15) is 10.1 Å². The minimum atomic E-state index is -0.398. The Labute approximate surface area is 120 Å². The van der Waals surface area contributed by atoms with E-state index in [4.69, 9.17) is 0 Å². The van der Waals surface area contributed by atoms with Gasteiger partial charge in [0.05, 0.1) is 16.0 Å². The van der Waals surface area contributed by atoms with Crippen molar-refractivity contribution in [3.8, 4) is 0 Å². The van der Waals surface area contributed by atoms with E-state index in [1.165, 1.54) is 31.4 Å². The molecule has 1 aromatic heterocycles. The van der Waals surface area contributed by atoms with Crippen LogP contribution in [0.1, 0.15) is 19.3 Å². The van der Waals surface area contributed by atoms with Crippen LogP contribution in [-0.2, 0) is 0 Å². The van der Waals surface area contributed by atoms with Crippen LogP contribution in [0.2, 0.25) is 0 Å². The summed E-state index contributed by atoms with van der Waals surface area (Å²) < 4.78 is 0.324. The SMILES string of the molecule is CSC1(CNc2nc3ccc([N+](=O)[O-])cc3[nH]2)CCC1. The first kappa shape index (κ1) is 13.2. The Morgan fingerprint density at radius 2 is 2.35 bits per heavy atom. The number of thioether (sulfide) groups is 1. The van der Waals surface area contributed by atoms with Gasteiger partial charge in [0.25, 0.3) is 5.69 Å². The van der Waals surface area contributed by atoms with Gasteiger partial charge in [-0.05, 0) is 25.2 Å². The zero-order chi connectivity index (χ0) is 14.2. The van der Waals surface area contributed by atoms with E-state index in [0.29, 0.717) is 16.2 Å². The molecule has 0 atom stereocenters. The number of nitrogens with zero attached hydrogens (tertiary/aromatic N) is 2. The molecule has 2 aromatic rings. The van der Waals surface area contributed by atoms with Crippen LogP contribution >= 0.6 is 11.8 Å². The number of hydrogen-bond donors (Lipinski definition) is 2. The number of anilines is 1. The van der Waals surface area contributed by atoms with Gasteiger partial charge in [-0.25, -0.2) is 4.98 Å². The highest BCUT2D eigenvalue weighted by atomic mass is 32.2. The highest BCUT2D eigenvalue weighted by Crippen LogP contribution is 2.42. The maximum absolute atomic E-state index is 10.7. The minimum Gasteiger partial charge on any atom is -0.354 e. The van der Waals surface area contributed by atoms with E-state index in [1.807, 2.05) is 11.8 Å². The highest BCUT2D eigenvalue weighted by molar-refractivity contribution is 8.00. The summed E-state index contributed by atoms with van der Waals surface area (Å²) in [5.74, 6) is 0.681. The molecule has 7 heteroatoms. The Hall–Kier alpha value is -1.76. The summed E-state index contributed by atoms with van der Waals surface area (Å²) in [6.07, 6.45) is 5.89. The van der Waals surface area contributed by atoms with Crippen molar-refractivity contribution in [2.75, 3.05) is 18.1 Å². The lowest BCUT2D eigenvalue weighted by Crippen LogP contribution is -2.40. The van der Waals surface area contributed by atoms with Crippen molar-refractivity contribution in [1.82, 2.24) is 9.97 Å². The summed E-state index contributed by atoms with van der Waals surface area (Å²) in [5, 5.41) is 14.1. The lowest BCUT2D eigenvalue weighted by atomic mass is 9.84. The van der Waals surface area contributed by atoms with Gasteiger partial charge in [-0.1, -0.05) is 6.42 Å². The predicted octanol–water partition coefficient (Wildman–Crippen LogP) is 3.17. The Morgan fingerprint density at radius 3 is 2.95 bits per heavy atom. The molecule has 6 nitrogen and oxygen atoms in total. The molecule has 2 N–H and O–H groups in total. The van der Waals surface area contributed by atoms with E-state index >= 15 is 0 Å². The zero-order valence-corrected chi connectivity index (χ0v) is 12.0. The van der Waals surface area contributed by atoms with E-state index in [-0.39, 0.29) is 5.69 Å². The number of H-pyrrole nitrogens is 1. The molecule has 0 bridgehead atoms. The summed E-state index contributed by atoms with van der Waals surface area (Å²) in [6.45, 7) is 0.871. The van der Waals surface area contributed by atoms with Crippen molar-refractivity contribution in [3.63, 3.8) is 0 Å². The third-order valence-corrected chi connectivity index (χ3v) is 5.37. The average Bonchev–Trinajstić information content (AvgIpc) is 2.79. The van der Waals surface area contributed by atoms with Crippen LogP contribution in [-0.4, -0.2) is 32.4 Å². The van der Waals surface area contributed by atoms with Crippen LogP contribution in [0, 0.1) is 10.1 Å². The molecular weight excluding hydrogens is 276 g/mol. The topological polar surface area (TPSA) is 83.8 Å². The fourth-order valence-electron chi connectivity index (χ4n) is 2.46. The third kappa shape index (κ3) is 2.33. The van der Waals surface area contributed by atoms with Gasteiger partial charge in [0.1, 0.15) is 0 Å². The number of hydrogen-bond acceptors (Lipinski definition) is 5. The molecule has 1 saturated carbocycles. The number of nitrogens with one attached hydrogen (secondary N) is 2. The minimum absolute atomic E-state index is 0.0762. The van der Waals surface area contributed by atoms with Crippen LogP contribution in [0.25, 0.3) is 11.0 Å². The van der Waals surface area contributed by atoms with Crippen LogP contribution in [0.15, 0.2) is 18.2 Å². The maximum Gasteiger partial charge on any atom is 0.271 e. The molecule has 1 aliphatic rings. The van der Waals surface area contributed by atoms with Gasteiger partial charge >= 0.3 is 0 Å². The fourth-order valence-corrected chi connectivity index (χ4v) is 3.38. The number of aromatic nitrogens is 2. The number of imidazole rings is 1. The van der Waals surface area contributed by atoms with Gasteiger partial charge in [-0.3, -0.25) is 10.1 Å². The van der Waals surface area contributed by atoms with Crippen LogP contribution in [0.4, 0.5) is 11.6 Å². The Balaban J connectivity index is 1.77. The molecule has 3 rings (SSSR count). The van der Waals surface area contributed by atoms with Crippen molar-refractivity contribution < 1.29 is 4.92 Å². The number of aromatic amines is 1. The summed E-state index contributed by atoms with van der Waals surface area (Å²) in [7, 11) is 0. The molecule has 0 amide bonds. The van der Waals surface area contributed by atoms with Gasteiger partial charge in [-0.15, -0.1) is 0 Å². The Bertz CT molecular complexity index is 645. The summed E-state index contributed by atoms with van der Waals surface area (Å²) in [6, 6.07) is 4.66. The van der Waals surface area contributed by atoms with E-state index in [0.717, 1.165) is 12.1 Å². The number of benzene rings is 1. The summed E-state index contributed by atoms with van der Waals surface area (Å²) >= 11 is 1.90. The smallest absolute Gasteiger partial charge is 0.271 e. The van der Waals surface area contributed by atoms with E-state index in [2.05, 4.69) is 21.5 Å². The highest BCUT2D eigenvalue weighted by Gasteiger charge is 2.35. The van der Waals surface area contributed by atoms with Gasteiger partial charge in [0.15, 0.2) is 0 Å². The summed E-state index contributed by atoms with van der Waals surface area (Å²) in [5.41, 5.74) is 1.51. The van der Waals surface area contributed by atoms with E-state index in [1.54, 1.807) is 6.07 Å². The molecule has 106 valence electrons. The zero-order valence-electron chi connectivity index (χ0n) is 11.2. The second kappa shape index (κ2) is 4.97. The normalized spacial score (nSPS) is 16.9. The monoisotopic (exact) mass is 292 g/mol. The molecule has 0 radical (unpaired) electrons. The van der Waals surface area contributed by atoms with Gasteiger partial charge in [-0.2, -0.15) is 11.8 Å². The average molecular weight is 292 g/mol. The number of rotatable bonds is 5. The van der Waals surface area contributed by atoms with Crippen molar-refractivity contribution in [2.24, 2.45) is 0 Å². The fraction of sp³-hybridized carbons (Fsp3) is 0.462. The lowest BCUT2D eigenvalue weighted by Gasteiger charge is -2.40. The van der Waals surface area contributed by atoms with Gasteiger partial charge in [0, 0.05) is 23.4 Å². The van der Waals surface area contributed by atoms with Crippen molar-refractivity contribution in [2.45, 2.75) is 24.0 Å². The Kier molecular flexibility index (Phi) is 3.29. The number of non-ortho nitro benzene ring substituents is 1. The first-order valence-electron chi connectivity index (χ1n) is 6.55. The first-order chi connectivity index (χ1) is 9.62. The largest absolute Gasteiger partial charge is 0.354 e. The number of nitro groups is 1. The summed E-state index contributed by atoms with van der Waals surface area (Å²) in [4.78, 5) is 17.9. The molecule has 0 aliphatic heterocycles. The molecule has 0 saturated heterocycles. The Morgan fingerprint density at radius 1 is 1.55 bits per heavy atom. The number of fused-ring (bicyclic) bond motifs is 1. The maximum atomic E-state index is 10.7. The third-order valence-electron chi connectivity index (χ3n) is 3.95. The lowest BCUT2D eigenvalue weighted by molar-refractivity contribution is -0.384. The first-order valence-corrected chi connectivity index (χ1v) is 7.78. The molecule has 1 aromatic carbocycles. The molecule has 0 spiro atoms. The molecule has 20 heavy (non-hydrogen) atoms. The quantitative estimate of drug-likeness (QED) is 0.653. The predicted molar refractivity (Wildman–Crippen MR) is 81.3 cm³/mol. The van der Waals surface area contributed by atoms with Crippen LogP contribution in [0.3, 0.4) is 0 Å². The molecule has 1 fully saturated rings. The van der Waals surface area contributed by atoms with Crippen LogP contribution in [0.5, 0.6) is 0 Å². The molecular formula is C13H16N4O2S. The second-order valence-corrected chi connectivity index (χ2v) is 6.41. The number of nitro benzene ring substituents is 1. The van der Waals surface area contributed by atoms with Crippen molar-refractivity contribution >= 4 is 34.4 Å².